The molecular formula is C12H18N2O3. The van der Waals surface area contributed by atoms with Gasteiger partial charge in [-0.15, -0.1) is 0 Å². The van der Waals surface area contributed by atoms with Gasteiger partial charge in [0.05, 0.1) is 12.1 Å². The van der Waals surface area contributed by atoms with E-state index in [0.717, 1.165) is 12.8 Å². The molecule has 0 aromatic rings. The minimum atomic E-state index is -0.668. The lowest BCUT2D eigenvalue weighted by molar-refractivity contribution is -0.148. The van der Waals surface area contributed by atoms with Crippen LogP contribution in [0.25, 0.3) is 0 Å². The molecule has 2 amide bonds. The van der Waals surface area contributed by atoms with Crippen molar-refractivity contribution in [2.75, 3.05) is 6.54 Å². The molecule has 1 saturated heterocycles. The van der Waals surface area contributed by atoms with Crippen molar-refractivity contribution >= 4 is 17.6 Å². The third-order valence-electron chi connectivity index (χ3n) is 3.79. The van der Waals surface area contributed by atoms with E-state index in [1.54, 1.807) is 0 Å². The molecule has 1 aliphatic carbocycles. The Labute approximate surface area is 101 Å². The molecule has 94 valence electrons. The fourth-order valence-corrected chi connectivity index (χ4v) is 2.62. The molecule has 1 saturated carbocycles. The summed E-state index contributed by atoms with van der Waals surface area (Å²) in [5, 5.41) is 2.36. The van der Waals surface area contributed by atoms with Gasteiger partial charge in [0.2, 0.25) is 11.8 Å². The first kappa shape index (κ1) is 12.2. The van der Waals surface area contributed by atoms with Crippen molar-refractivity contribution in [3.63, 3.8) is 0 Å². The predicted octanol–water partition coefficient (Wildman–Crippen LogP) is 0.235. The number of hydrogen-bond donors (Lipinski definition) is 1. The van der Waals surface area contributed by atoms with E-state index in [9.17, 15) is 14.4 Å². The maximum Gasteiger partial charge on any atom is 0.246 e. The van der Waals surface area contributed by atoms with E-state index in [1.807, 2.05) is 18.7 Å². The van der Waals surface area contributed by atoms with Gasteiger partial charge >= 0.3 is 0 Å². The van der Waals surface area contributed by atoms with Crippen LogP contribution >= 0.6 is 0 Å². The van der Waals surface area contributed by atoms with E-state index in [2.05, 4.69) is 5.32 Å². The number of nitrogens with zero attached hydrogens (tertiary/aromatic N) is 1. The second kappa shape index (κ2) is 4.22. The largest absolute Gasteiger partial charge is 0.300 e. The lowest BCUT2D eigenvalue weighted by Gasteiger charge is -2.45. The third kappa shape index (κ3) is 2.24. The van der Waals surface area contributed by atoms with Crippen molar-refractivity contribution in [1.29, 1.82) is 0 Å². The SMILES string of the molecule is CC1(C)C(=O)NC(=O)CN1C1CCC(=O)CC1. The van der Waals surface area contributed by atoms with Crippen molar-refractivity contribution in [3.05, 3.63) is 0 Å². The van der Waals surface area contributed by atoms with Crippen LogP contribution in [0, 0.1) is 0 Å². The molecule has 2 aliphatic rings. The van der Waals surface area contributed by atoms with Crippen LogP contribution in [0.2, 0.25) is 0 Å². The second-order valence-corrected chi connectivity index (χ2v) is 5.33. The summed E-state index contributed by atoms with van der Waals surface area (Å²) in [7, 11) is 0. The topological polar surface area (TPSA) is 66.5 Å². The lowest BCUT2D eigenvalue weighted by Crippen LogP contribution is -2.66. The number of hydrogen-bond acceptors (Lipinski definition) is 4. The van der Waals surface area contributed by atoms with Gasteiger partial charge in [-0.05, 0) is 26.7 Å². The molecule has 2 rings (SSSR count). The number of carbonyl (C=O) groups is 3. The maximum atomic E-state index is 11.8. The van der Waals surface area contributed by atoms with E-state index in [1.165, 1.54) is 0 Å². The zero-order chi connectivity index (χ0) is 12.6. The normalized spacial score (nSPS) is 27.1. The summed E-state index contributed by atoms with van der Waals surface area (Å²) < 4.78 is 0. The van der Waals surface area contributed by atoms with Gasteiger partial charge in [0.25, 0.3) is 0 Å². The molecule has 0 radical (unpaired) electrons. The zero-order valence-electron chi connectivity index (χ0n) is 10.3. The number of imide groups is 1. The summed E-state index contributed by atoms with van der Waals surface area (Å²) in [6.45, 7) is 3.90. The molecule has 1 heterocycles. The number of amides is 2. The Hall–Kier alpha value is -1.23. The maximum absolute atomic E-state index is 11.8. The summed E-state index contributed by atoms with van der Waals surface area (Å²) in [5.74, 6) is -0.205. The van der Waals surface area contributed by atoms with Gasteiger partial charge in [-0.25, -0.2) is 0 Å². The van der Waals surface area contributed by atoms with Crippen molar-refractivity contribution in [1.82, 2.24) is 10.2 Å². The minimum absolute atomic E-state index is 0.165. The Morgan fingerprint density at radius 2 is 1.76 bits per heavy atom. The summed E-state index contributed by atoms with van der Waals surface area (Å²) >= 11 is 0. The van der Waals surface area contributed by atoms with Crippen LogP contribution in [-0.2, 0) is 14.4 Å². The number of piperazine rings is 1. The van der Waals surface area contributed by atoms with Gasteiger partial charge in [0.15, 0.2) is 0 Å². The second-order valence-electron chi connectivity index (χ2n) is 5.33. The fourth-order valence-electron chi connectivity index (χ4n) is 2.62. The highest BCUT2D eigenvalue weighted by Crippen LogP contribution is 2.28. The quantitative estimate of drug-likeness (QED) is 0.664. The molecule has 5 heteroatoms. The summed E-state index contributed by atoms with van der Waals surface area (Å²) in [6, 6.07) is 0.165. The van der Waals surface area contributed by atoms with Gasteiger partial charge in [-0.1, -0.05) is 0 Å². The first-order valence-electron chi connectivity index (χ1n) is 6.04. The highest BCUT2D eigenvalue weighted by molar-refractivity contribution is 6.03. The molecular weight excluding hydrogens is 220 g/mol. The number of ketones is 1. The van der Waals surface area contributed by atoms with Crippen molar-refractivity contribution < 1.29 is 14.4 Å². The molecule has 0 bridgehead atoms. The summed E-state index contributed by atoms with van der Waals surface area (Å²) in [4.78, 5) is 36.4. The van der Waals surface area contributed by atoms with Crippen LogP contribution in [-0.4, -0.2) is 40.6 Å². The molecule has 1 aliphatic heterocycles. The Kier molecular flexibility index (Phi) is 3.03. The third-order valence-corrected chi connectivity index (χ3v) is 3.79. The number of rotatable bonds is 1. The summed E-state index contributed by atoms with van der Waals surface area (Å²) in [5.41, 5.74) is -0.668. The van der Waals surface area contributed by atoms with Gasteiger partial charge < -0.3 is 0 Å². The van der Waals surface area contributed by atoms with Crippen molar-refractivity contribution in [3.8, 4) is 0 Å². The van der Waals surface area contributed by atoms with Gasteiger partial charge in [-0.2, -0.15) is 0 Å². The van der Waals surface area contributed by atoms with E-state index in [0.29, 0.717) is 12.8 Å². The van der Waals surface area contributed by atoms with E-state index in [-0.39, 0.29) is 30.2 Å². The molecule has 0 aromatic carbocycles. The van der Waals surface area contributed by atoms with Crippen LogP contribution in [0.1, 0.15) is 39.5 Å². The minimum Gasteiger partial charge on any atom is -0.300 e. The average Bonchev–Trinajstić information content (AvgIpc) is 2.25. The monoisotopic (exact) mass is 238 g/mol. The molecule has 17 heavy (non-hydrogen) atoms. The fraction of sp³-hybridized carbons (Fsp3) is 0.750. The van der Waals surface area contributed by atoms with E-state index in [4.69, 9.17) is 0 Å². The van der Waals surface area contributed by atoms with Crippen LogP contribution in [0.15, 0.2) is 0 Å². The standard InChI is InChI=1S/C12H18N2O3/c1-12(2)11(17)13-10(16)7-14(12)8-3-5-9(15)6-4-8/h8H,3-7H2,1-2H3,(H,13,16,17). The molecule has 0 atom stereocenters. The van der Waals surface area contributed by atoms with Gasteiger partial charge in [-0.3, -0.25) is 24.6 Å². The molecule has 0 spiro atoms. The average molecular weight is 238 g/mol. The molecule has 1 N–H and O–H groups in total. The Balaban J connectivity index is 2.14. The Bertz CT molecular complexity index is 366. The van der Waals surface area contributed by atoms with Gasteiger partial charge in [0.1, 0.15) is 5.78 Å². The summed E-state index contributed by atoms with van der Waals surface area (Å²) in [6.07, 6.45) is 2.63. The van der Waals surface area contributed by atoms with E-state index >= 15 is 0 Å². The van der Waals surface area contributed by atoms with Crippen LogP contribution in [0.3, 0.4) is 0 Å². The number of nitrogens with one attached hydrogen (secondary N) is 1. The van der Waals surface area contributed by atoms with Crippen LogP contribution in [0.4, 0.5) is 0 Å². The molecule has 0 unspecified atom stereocenters. The first-order chi connectivity index (χ1) is 7.91. The van der Waals surface area contributed by atoms with Gasteiger partial charge in [0, 0.05) is 18.9 Å². The van der Waals surface area contributed by atoms with E-state index < -0.39 is 5.54 Å². The number of Topliss-reactive ketones (excluding diaryl/α,β-unsaturated/α-hetero) is 1. The number of carbonyl (C=O) groups excluding carboxylic acids is 3. The predicted molar refractivity (Wildman–Crippen MR) is 61.2 cm³/mol. The first-order valence-corrected chi connectivity index (χ1v) is 6.04. The van der Waals surface area contributed by atoms with Crippen molar-refractivity contribution in [2.24, 2.45) is 0 Å². The lowest BCUT2D eigenvalue weighted by atomic mass is 9.88. The van der Waals surface area contributed by atoms with Crippen LogP contribution in [0.5, 0.6) is 0 Å². The van der Waals surface area contributed by atoms with Crippen molar-refractivity contribution in [2.45, 2.75) is 51.1 Å². The van der Waals surface area contributed by atoms with Crippen LogP contribution < -0.4 is 5.32 Å². The Morgan fingerprint density at radius 3 is 2.35 bits per heavy atom. The Morgan fingerprint density at radius 1 is 1.18 bits per heavy atom. The molecule has 2 fully saturated rings. The highest BCUT2D eigenvalue weighted by atomic mass is 16.2. The molecule has 5 nitrogen and oxygen atoms in total. The zero-order valence-corrected chi connectivity index (χ0v) is 10.3. The molecule has 0 aromatic heterocycles. The smallest absolute Gasteiger partial charge is 0.246 e. The highest BCUT2D eigenvalue weighted by Gasteiger charge is 2.44.